The minimum Gasteiger partial charge on any atom is -0.497 e. The molecule has 15 heterocycles. The van der Waals surface area contributed by atoms with Gasteiger partial charge in [-0.15, -0.1) is 6.58 Å². The van der Waals surface area contributed by atoms with Gasteiger partial charge in [0.2, 0.25) is 0 Å². The number of rotatable bonds is 16. The smallest absolute Gasteiger partial charge is 0.328 e. The second-order valence-electron chi connectivity index (χ2n) is 38.0. The zero-order chi connectivity index (χ0) is 101. The number of benzene rings is 11. The molecule has 26 nitrogen and oxygen atoms in total. The van der Waals surface area contributed by atoms with E-state index in [1.165, 1.54) is 43.3 Å². The monoisotopic (exact) mass is 2030 g/mol. The van der Waals surface area contributed by atoms with Crippen LogP contribution in [0.15, 0.2) is 286 Å². The van der Waals surface area contributed by atoms with Crippen molar-refractivity contribution in [2.24, 2.45) is 0 Å². The molecule has 5 fully saturated rings. The third-order valence-electron chi connectivity index (χ3n) is 29.9. The molecule has 10 atom stereocenters. The topological polar surface area (TPSA) is 260 Å². The molecule has 5 N–H and O–H groups in total. The standard InChI is InChI=1S/C26H21N3O2S.C23H23N3O3S.C23H21N3O3.C23H23N3O2S.C20H16ClN3OS/c1-31-18-11-7-8-16(14-18)24-23-20(19-12-5-6-13-21(19)27-23)15-22-25(30)28(26(32)29(22)24)17-9-3-2-4-10-17;1-28-12-11-25-22(27)19-13-17-16-5-3-4-6-18(16)24-20(17)21(26(19)23(25)30)14-7-9-15(29-2)10-8-14;1-3-11-25-22(27)19-13-17-16-9-4-5-10-18(16)24-20(17)21(26(19)23(25)28)14-7-6-8-15(12-14)29-2;1-13(2)25-22(27)19-12-17-16-6-4-5-7-18(16)24-20(17)21(26(19)23(25)29)14-8-10-15(28-3)11-9-14;1-23-19(25)16-10-14-13-7-2-3-8-15(13)22-17(14)18(24(16)20(23)26)11-5-4-6-12(21)9-11/h2-14,22,24,27H,15H2,1H3;3-10,19,21,24H,11-13H2,1-2H3;3-10,12,19,21,24H,1,11,13H2,2H3;4-11,13,19,21,24H,12H2,1-3H3;2-9,16,18,22H,10H2,1H3. The molecule has 0 spiro atoms. The second kappa shape index (κ2) is 39.0. The quantitative estimate of drug-likeness (QED) is 0.0342. The van der Waals surface area contributed by atoms with Crippen molar-refractivity contribution in [2.45, 2.75) is 112 Å². The van der Waals surface area contributed by atoms with Crippen molar-refractivity contribution < 1.29 is 52.5 Å². The van der Waals surface area contributed by atoms with Gasteiger partial charge in [0.15, 0.2) is 20.4 Å². The third-order valence-corrected chi connectivity index (χ3v) is 31.8. The number of thiocarbonyl (C=S) groups is 4. The summed E-state index contributed by atoms with van der Waals surface area (Å²) >= 11 is 29.4. The van der Waals surface area contributed by atoms with Crippen LogP contribution in [0.4, 0.5) is 10.5 Å². The number of carbonyl (C=O) groups excluding carboxylic acids is 6. The number of carbonyl (C=O) groups is 6. The molecule has 0 aliphatic carbocycles. The average molecular weight is 2040 g/mol. The molecule has 10 unspecified atom stereocenters. The van der Waals surface area contributed by atoms with Gasteiger partial charge in [0.25, 0.3) is 29.5 Å². The van der Waals surface area contributed by atoms with Gasteiger partial charge in [-0.05, 0) is 221 Å². The van der Waals surface area contributed by atoms with Crippen LogP contribution in [0.3, 0.4) is 0 Å². The van der Waals surface area contributed by atoms with Gasteiger partial charge in [-0.1, -0.05) is 188 Å². The van der Waals surface area contributed by atoms with Crippen molar-refractivity contribution in [3.63, 3.8) is 0 Å². The number of aromatic amines is 5. The Morgan fingerprint density at radius 1 is 0.356 bits per heavy atom. The maximum absolute atomic E-state index is 13.7. The highest BCUT2D eigenvalue weighted by atomic mass is 35.5. The van der Waals surface area contributed by atoms with Gasteiger partial charge in [0.1, 0.15) is 59.2 Å². The molecule has 26 rings (SSSR count). The van der Waals surface area contributed by atoms with Crippen LogP contribution in [0.25, 0.3) is 54.5 Å². The number of fused-ring (bicyclic) bond motifs is 20. The van der Waals surface area contributed by atoms with E-state index in [0.29, 0.717) is 76.5 Å². The summed E-state index contributed by atoms with van der Waals surface area (Å²) in [5.74, 6) is 3.14. The maximum atomic E-state index is 13.7. The summed E-state index contributed by atoms with van der Waals surface area (Å²) in [6, 6.07) is 87.2. The summed E-state index contributed by atoms with van der Waals surface area (Å²) in [5, 5.41) is 8.71. The molecule has 5 aromatic heterocycles. The van der Waals surface area contributed by atoms with Gasteiger partial charge in [0, 0.05) is 147 Å². The highest BCUT2D eigenvalue weighted by molar-refractivity contribution is 7.81. The van der Waals surface area contributed by atoms with E-state index < -0.39 is 12.1 Å². The van der Waals surface area contributed by atoms with Crippen molar-refractivity contribution in [1.29, 1.82) is 0 Å². The van der Waals surface area contributed by atoms with Crippen LogP contribution in [0, 0.1) is 0 Å². The number of urea groups is 1. The number of imide groups is 1. The minimum absolute atomic E-state index is 0.0185. The Kier molecular flexibility index (Phi) is 25.5. The molecular formula is C115H104ClN15O11S4. The van der Waals surface area contributed by atoms with Crippen LogP contribution in [0.2, 0.25) is 5.02 Å². The summed E-state index contributed by atoms with van der Waals surface area (Å²) in [4.78, 5) is 115. The molecule has 16 aromatic rings. The molecule has 736 valence electrons. The highest BCUT2D eigenvalue weighted by Crippen LogP contribution is 2.52. The van der Waals surface area contributed by atoms with Crippen molar-refractivity contribution in [3.8, 4) is 23.0 Å². The van der Waals surface area contributed by atoms with E-state index in [0.717, 1.165) is 123 Å². The summed E-state index contributed by atoms with van der Waals surface area (Å²) in [6.07, 6.45) is 4.64. The summed E-state index contributed by atoms with van der Waals surface area (Å²) < 4.78 is 26.8. The van der Waals surface area contributed by atoms with Gasteiger partial charge in [-0.3, -0.25) is 53.4 Å². The zero-order valence-corrected chi connectivity index (χ0v) is 85.3. The predicted molar refractivity (Wildman–Crippen MR) is 581 cm³/mol. The first-order chi connectivity index (χ1) is 71.0. The normalized spacial score (nSPS) is 20.8. The maximum Gasteiger partial charge on any atom is 0.328 e. The SMILES string of the molecule is C=CCN1C(=O)C2Cc3c([nH]c4ccccc34)C(c3cccc(OC)c3)N2C1=O.CN1C(=O)C2Cc3c([nH]c4ccccc34)C(c3cccc(Cl)c3)N2C1=S.COCCN1C(=O)C2Cc3c([nH]c4ccccc34)C(c3ccc(OC)cc3)N2C1=S.COc1ccc(C2c3[nH]c4ccccc4c3CC3C(=O)N(C(C)C)C(=S)N32)cc1.COc1cccc(C2c3[nH]c4ccccc4c3CC3C(=O)N(c4ccccc4)C(=S)N32)c1. The first kappa shape index (κ1) is 95.5. The highest BCUT2D eigenvalue weighted by Gasteiger charge is 2.57. The number of halogens is 1. The minimum atomic E-state index is -0.523. The lowest BCUT2D eigenvalue weighted by molar-refractivity contribution is -0.130. The fourth-order valence-corrected chi connectivity index (χ4v) is 25.1. The number of anilines is 1. The fourth-order valence-electron chi connectivity index (χ4n) is 23.2. The Hall–Kier alpha value is -15.3. The second-order valence-corrected chi connectivity index (χ2v) is 39.9. The Morgan fingerprint density at radius 2 is 0.699 bits per heavy atom. The lowest BCUT2D eigenvalue weighted by atomic mass is 9.89. The summed E-state index contributed by atoms with van der Waals surface area (Å²) in [6.45, 7) is 8.85. The van der Waals surface area contributed by atoms with E-state index in [9.17, 15) is 28.8 Å². The number of H-pyrrole nitrogens is 5. The van der Waals surface area contributed by atoms with Crippen LogP contribution >= 0.6 is 60.5 Å². The number of aromatic nitrogens is 5. The van der Waals surface area contributed by atoms with Crippen LogP contribution in [-0.2, 0) is 60.8 Å². The molecule has 0 radical (unpaired) electrons. The van der Waals surface area contributed by atoms with Crippen LogP contribution in [0.5, 0.6) is 23.0 Å². The fraction of sp³-hybridized carbons (Fsp3) is 0.235. The predicted octanol–water partition coefficient (Wildman–Crippen LogP) is 19.7. The van der Waals surface area contributed by atoms with E-state index in [1.54, 1.807) is 73.2 Å². The van der Waals surface area contributed by atoms with Crippen LogP contribution in [0.1, 0.15) is 128 Å². The molecule has 5 saturated heterocycles. The third kappa shape index (κ3) is 16.1. The molecule has 0 bridgehead atoms. The van der Waals surface area contributed by atoms with E-state index >= 15 is 0 Å². The van der Waals surface area contributed by atoms with Gasteiger partial charge in [-0.25, -0.2) is 4.79 Å². The average Bonchev–Trinajstić information content (AvgIpc) is 1.59. The summed E-state index contributed by atoms with van der Waals surface area (Å²) in [5.41, 5.74) is 22.5. The van der Waals surface area contributed by atoms with E-state index in [1.807, 2.05) is 214 Å². The zero-order valence-electron chi connectivity index (χ0n) is 81.2. The number of nitrogens with one attached hydrogen (secondary N) is 5. The lowest BCUT2D eigenvalue weighted by Crippen LogP contribution is -2.44. The number of amides is 7. The largest absolute Gasteiger partial charge is 0.497 e. The van der Waals surface area contributed by atoms with Gasteiger partial charge >= 0.3 is 6.03 Å². The Morgan fingerprint density at radius 3 is 1.10 bits per heavy atom. The lowest BCUT2D eigenvalue weighted by Gasteiger charge is -2.37. The molecule has 31 heteroatoms. The number of methoxy groups -OCH3 is 5. The van der Waals surface area contributed by atoms with Gasteiger partial charge < -0.3 is 68.2 Å². The molecule has 10 aliphatic heterocycles. The molecule has 10 aliphatic rings. The van der Waals surface area contributed by atoms with Crippen LogP contribution in [-0.4, -0.2) is 224 Å². The number of nitrogens with zero attached hydrogens (tertiary/aromatic N) is 10. The molecular weight excluding hydrogens is 1930 g/mol. The molecule has 7 amide bonds. The van der Waals surface area contributed by atoms with Crippen molar-refractivity contribution >= 4 is 177 Å². The molecule has 0 saturated carbocycles. The number of hydrogen-bond donors (Lipinski definition) is 5. The van der Waals surface area contributed by atoms with Crippen molar-refractivity contribution in [1.82, 2.24) is 69.0 Å². The molecule has 146 heavy (non-hydrogen) atoms. The Bertz CT molecular complexity index is 7980. The number of ether oxygens (including phenoxy) is 5. The van der Waals surface area contributed by atoms with E-state index in [4.69, 9.17) is 84.2 Å². The van der Waals surface area contributed by atoms with Gasteiger partial charge in [0.05, 0.1) is 71.4 Å². The molecule has 11 aromatic carbocycles. The van der Waals surface area contributed by atoms with Crippen LogP contribution < -0.4 is 23.8 Å². The van der Waals surface area contributed by atoms with Crippen molar-refractivity contribution in [2.75, 3.05) is 67.2 Å². The van der Waals surface area contributed by atoms with Gasteiger partial charge in [-0.2, -0.15) is 0 Å². The van der Waals surface area contributed by atoms with Crippen molar-refractivity contribution in [3.05, 3.63) is 375 Å². The first-order valence-corrected chi connectivity index (χ1v) is 50.6. The number of para-hydroxylation sites is 6. The van der Waals surface area contributed by atoms with E-state index in [2.05, 4.69) is 124 Å². The van der Waals surface area contributed by atoms with E-state index in [-0.39, 0.29) is 96.5 Å². The summed E-state index contributed by atoms with van der Waals surface area (Å²) in [7, 11) is 9.99. The Labute approximate surface area is 869 Å². The first-order valence-electron chi connectivity index (χ1n) is 48.6. The Balaban J connectivity index is 0.000000104. The number of hydrogen-bond acceptors (Lipinski definition) is 15. The number of likely N-dealkylation sites (N-methyl/N-ethyl adjacent to an activating group) is 1.